The van der Waals surface area contributed by atoms with Crippen LogP contribution >= 0.6 is 35.0 Å². The molecule has 5 rings (SSSR count). The highest BCUT2D eigenvalue weighted by Crippen LogP contribution is 2.39. The Morgan fingerprint density at radius 2 is 1.85 bits per heavy atom. The minimum atomic E-state index is -4.27. The van der Waals surface area contributed by atoms with Gasteiger partial charge in [0.1, 0.15) is 6.10 Å². The molecule has 0 unspecified atom stereocenters. The van der Waals surface area contributed by atoms with Crippen molar-refractivity contribution in [3.05, 3.63) is 81.6 Å². The molecule has 2 aromatic carbocycles. The molecule has 1 saturated heterocycles. The van der Waals surface area contributed by atoms with Gasteiger partial charge in [0.2, 0.25) is 10.0 Å². The van der Waals surface area contributed by atoms with Gasteiger partial charge in [-0.1, -0.05) is 35.3 Å². The summed E-state index contributed by atoms with van der Waals surface area (Å²) in [6.45, 7) is -2.39. The van der Waals surface area contributed by atoms with Gasteiger partial charge in [0.15, 0.2) is 16.9 Å². The van der Waals surface area contributed by atoms with Gasteiger partial charge in [-0.15, -0.1) is 11.8 Å². The lowest BCUT2D eigenvalue weighted by atomic mass is 10.0. The second-order valence-electron chi connectivity index (χ2n) is 11.0. The average Bonchev–Trinajstić information content (AvgIpc) is 3.75. The molecule has 17 heteroatoms. The number of carbonyl (C=O) groups is 2. The first-order chi connectivity index (χ1) is 23.0. The molecule has 1 amide bonds. The van der Waals surface area contributed by atoms with E-state index >= 15 is 0 Å². The average molecular weight is 746 g/mol. The molecule has 2 heterocycles. The monoisotopic (exact) mass is 744 g/mol. The number of aromatic nitrogens is 1. The molecule has 0 spiro atoms. The number of nitrogens with one attached hydrogen (secondary N) is 1. The lowest BCUT2D eigenvalue weighted by molar-refractivity contribution is -0.150. The van der Waals surface area contributed by atoms with E-state index in [9.17, 15) is 26.8 Å². The summed E-state index contributed by atoms with van der Waals surface area (Å²) < 4.78 is 71.5. The Morgan fingerprint density at radius 1 is 1.10 bits per heavy atom. The van der Waals surface area contributed by atoms with Crippen LogP contribution in [-0.2, 0) is 26.0 Å². The number of pyridine rings is 1. The van der Waals surface area contributed by atoms with Crippen LogP contribution < -0.4 is 20.5 Å². The van der Waals surface area contributed by atoms with Gasteiger partial charge in [-0.25, -0.2) is 13.2 Å². The molecule has 1 saturated carbocycles. The molecule has 48 heavy (non-hydrogen) atoms. The molecule has 1 aliphatic heterocycles. The minimum Gasteiger partial charge on any atom is -0.489 e. The number of hydrogen-bond donors (Lipinski definition) is 2. The minimum absolute atomic E-state index is 0.00185. The molecule has 258 valence electrons. The van der Waals surface area contributed by atoms with Crippen molar-refractivity contribution in [1.82, 2.24) is 14.6 Å². The number of carbonyl (C=O) groups excluding carboxylic acids is 2. The van der Waals surface area contributed by atoms with E-state index in [1.54, 1.807) is 0 Å². The third kappa shape index (κ3) is 8.87. The smallest absolute Gasteiger partial charge is 0.387 e. The van der Waals surface area contributed by atoms with Crippen LogP contribution in [0.25, 0.3) is 0 Å². The van der Waals surface area contributed by atoms with Gasteiger partial charge < -0.3 is 25.3 Å². The van der Waals surface area contributed by atoms with Gasteiger partial charge in [0.25, 0.3) is 5.91 Å². The summed E-state index contributed by atoms with van der Waals surface area (Å²) in [7, 11) is -4.27. The van der Waals surface area contributed by atoms with Crippen molar-refractivity contribution >= 4 is 56.9 Å². The van der Waals surface area contributed by atoms with E-state index in [1.807, 2.05) is 0 Å². The molecule has 11 nitrogen and oxygen atoms in total. The van der Waals surface area contributed by atoms with E-state index in [2.05, 4.69) is 15.0 Å². The van der Waals surface area contributed by atoms with Crippen molar-refractivity contribution in [3.8, 4) is 11.5 Å². The van der Waals surface area contributed by atoms with E-state index in [0.717, 1.165) is 28.9 Å². The number of sulfonamides is 1. The number of nitrogens with two attached hydrogens (primary N) is 1. The first-order valence-corrected chi connectivity index (χ1v) is 18.1. The summed E-state index contributed by atoms with van der Waals surface area (Å²) in [5.41, 5.74) is 6.30. The fourth-order valence-electron chi connectivity index (χ4n) is 4.88. The molecular formula is C31H32Cl2F2N4O7S2. The van der Waals surface area contributed by atoms with Crippen LogP contribution in [0.4, 0.5) is 8.78 Å². The number of amides is 1. The van der Waals surface area contributed by atoms with Gasteiger partial charge in [0, 0.05) is 49.8 Å². The lowest BCUT2D eigenvalue weighted by Crippen LogP contribution is -2.40. The van der Waals surface area contributed by atoms with Crippen molar-refractivity contribution in [3.63, 3.8) is 0 Å². The topological polar surface area (TPSA) is 150 Å². The maximum Gasteiger partial charge on any atom is 0.387 e. The number of nitrogens with zero attached hydrogens (tertiary/aromatic N) is 2. The van der Waals surface area contributed by atoms with Gasteiger partial charge in [0.05, 0.1) is 21.5 Å². The standard InChI is InChI=1S/C31H32Cl2F2N4O7S2/c32-23-15-37-16-24(33)22(23)14-26(19-6-7-25(46-31(34)35)27(13-19)44-17-18-4-5-18)45-30(41)29-39(10-11-47-29)48(42,43)21-3-1-2-20(12-21)28(40)38-9-8-36/h1-3,6-7,12-13,15-16,18,26,29,31H,4-5,8-11,14,17,36H2,(H,38,40)/t26-,29-/m0/s1. The SMILES string of the molecule is NCCNC(=O)c1cccc(S(=O)(=O)N2CCS[C@H]2C(=O)O[C@@H](Cc2c(Cl)cncc2Cl)c2ccc(OC(F)F)c(OCC3CC3)c2)c1. The Kier molecular flexibility index (Phi) is 12.0. The Morgan fingerprint density at radius 3 is 2.54 bits per heavy atom. The summed E-state index contributed by atoms with van der Waals surface area (Å²) in [5, 5.41) is 1.71. The van der Waals surface area contributed by atoms with Crippen molar-refractivity contribution in [1.29, 1.82) is 0 Å². The number of benzene rings is 2. The number of thioether (sulfide) groups is 1. The molecule has 3 aromatic rings. The molecule has 2 atom stereocenters. The molecule has 0 radical (unpaired) electrons. The summed E-state index contributed by atoms with van der Waals surface area (Å²) in [6.07, 6.45) is 3.47. The van der Waals surface area contributed by atoms with Gasteiger partial charge >= 0.3 is 12.6 Å². The van der Waals surface area contributed by atoms with Crippen molar-refractivity contribution in [2.24, 2.45) is 11.7 Å². The van der Waals surface area contributed by atoms with Crippen LogP contribution in [0.1, 0.15) is 40.4 Å². The van der Waals surface area contributed by atoms with Crippen LogP contribution in [0, 0.1) is 5.92 Å². The molecule has 2 fully saturated rings. The van der Waals surface area contributed by atoms with Gasteiger partial charge in [-0.05, 0) is 60.2 Å². The Bertz CT molecular complexity index is 1730. The third-order valence-corrected chi connectivity index (χ3v) is 11.3. The maximum absolute atomic E-state index is 13.8. The van der Waals surface area contributed by atoms with E-state index in [0.29, 0.717) is 22.8 Å². The number of esters is 1. The molecule has 1 aliphatic carbocycles. The van der Waals surface area contributed by atoms with E-state index < -0.39 is 40.0 Å². The first-order valence-electron chi connectivity index (χ1n) is 14.9. The van der Waals surface area contributed by atoms with Crippen molar-refractivity contribution in [2.45, 2.75) is 42.2 Å². The Hall–Kier alpha value is -3.21. The molecule has 0 bridgehead atoms. The highest BCUT2D eigenvalue weighted by atomic mass is 35.5. The number of halogens is 4. The van der Waals surface area contributed by atoms with Gasteiger partial charge in [-0.2, -0.15) is 13.1 Å². The van der Waals surface area contributed by atoms with Crippen LogP contribution in [0.2, 0.25) is 10.0 Å². The summed E-state index contributed by atoms with van der Waals surface area (Å²) in [4.78, 5) is 30.1. The lowest BCUT2D eigenvalue weighted by Gasteiger charge is -2.26. The van der Waals surface area contributed by atoms with E-state index in [4.69, 9.17) is 38.4 Å². The number of hydrogen-bond acceptors (Lipinski definition) is 10. The quantitative estimate of drug-likeness (QED) is 0.202. The highest BCUT2D eigenvalue weighted by Gasteiger charge is 2.42. The second-order valence-corrected chi connectivity index (χ2v) is 14.9. The third-order valence-electron chi connectivity index (χ3n) is 7.51. The number of alkyl halides is 2. The molecule has 3 N–H and O–H groups in total. The van der Waals surface area contributed by atoms with E-state index in [-0.39, 0.29) is 64.7 Å². The van der Waals surface area contributed by atoms with E-state index in [1.165, 1.54) is 54.9 Å². The van der Waals surface area contributed by atoms with Crippen LogP contribution in [0.3, 0.4) is 0 Å². The highest BCUT2D eigenvalue weighted by molar-refractivity contribution is 8.02. The number of rotatable bonds is 15. The molecular weight excluding hydrogens is 713 g/mol. The summed E-state index contributed by atoms with van der Waals surface area (Å²) in [6, 6.07) is 9.65. The normalized spacial score (nSPS) is 17.2. The Labute approximate surface area is 290 Å². The Balaban J connectivity index is 1.44. The molecule has 2 aliphatic rings. The largest absolute Gasteiger partial charge is 0.489 e. The predicted octanol–water partition coefficient (Wildman–Crippen LogP) is 5.06. The zero-order chi connectivity index (χ0) is 34.4. The van der Waals surface area contributed by atoms with Crippen LogP contribution in [-0.4, -0.2) is 73.6 Å². The van der Waals surface area contributed by atoms with Crippen molar-refractivity contribution in [2.75, 3.05) is 32.0 Å². The zero-order valence-electron chi connectivity index (χ0n) is 25.3. The van der Waals surface area contributed by atoms with Crippen LogP contribution in [0.5, 0.6) is 11.5 Å². The fourth-order valence-corrected chi connectivity index (χ4v) is 8.49. The molecule has 1 aromatic heterocycles. The predicted molar refractivity (Wildman–Crippen MR) is 176 cm³/mol. The van der Waals surface area contributed by atoms with Crippen molar-refractivity contribution < 1.29 is 41.0 Å². The summed E-state index contributed by atoms with van der Waals surface area (Å²) in [5.74, 6) is -0.946. The zero-order valence-corrected chi connectivity index (χ0v) is 28.5. The first kappa shape index (κ1) is 36.1. The van der Waals surface area contributed by atoms with Crippen LogP contribution in [0.15, 0.2) is 59.8 Å². The maximum atomic E-state index is 13.8. The number of ether oxygens (including phenoxy) is 3. The summed E-state index contributed by atoms with van der Waals surface area (Å²) >= 11 is 13.9. The fraction of sp³-hybridized carbons (Fsp3) is 0.387. The second kappa shape index (κ2) is 16.0. The van der Waals surface area contributed by atoms with Gasteiger partial charge in [-0.3, -0.25) is 9.78 Å².